The van der Waals surface area contributed by atoms with E-state index in [0.29, 0.717) is 19.4 Å². The molecule has 1 saturated heterocycles. The number of hydrogen-bond acceptors (Lipinski definition) is 3. The van der Waals surface area contributed by atoms with Crippen molar-refractivity contribution in [3.05, 3.63) is 22.4 Å². The Hall–Kier alpha value is -1.36. The normalized spacial score (nSPS) is 23.6. The Morgan fingerprint density at radius 1 is 1.58 bits per heavy atom. The van der Waals surface area contributed by atoms with Crippen LogP contribution in [0.2, 0.25) is 0 Å². The van der Waals surface area contributed by atoms with Gasteiger partial charge in [0.25, 0.3) is 0 Å². The van der Waals surface area contributed by atoms with Crippen LogP contribution in [0.15, 0.2) is 17.5 Å². The zero-order valence-corrected chi connectivity index (χ0v) is 11.9. The third kappa shape index (κ3) is 2.97. The predicted molar refractivity (Wildman–Crippen MR) is 74.0 cm³/mol. The van der Waals surface area contributed by atoms with Crippen LogP contribution in [-0.4, -0.2) is 28.4 Å². The number of piperidine rings is 1. The first-order chi connectivity index (χ1) is 9.15. The molecule has 1 N–H and O–H groups in total. The minimum Gasteiger partial charge on any atom is -0.481 e. The number of aliphatic carboxylic acids is 1. The van der Waals surface area contributed by atoms with Crippen LogP contribution in [-0.2, 0) is 9.59 Å². The van der Waals surface area contributed by atoms with Gasteiger partial charge in [-0.25, -0.2) is 0 Å². The molecule has 104 valence electrons. The molecule has 0 radical (unpaired) electrons. The van der Waals surface area contributed by atoms with Gasteiger partial charge >= 0.3 is 5.97 Å². The molecule has 1 aliphatic heterocycles. The second-order valence-electron chi connectivity index (χ2n) is 4.88. The first kappa shape index (κ1) is 14.1. The number of hydrogen-bond donors (Lipinski definition) is 1. The predicted octanol–water partition coefficient (Wildman–Crippen LogP) is 2.91. The summed E-state index contributed by atoms with van der Waals surface area (Å²) in [5.74, 6) is -1.19. The third-order valence-electron chi connectivity index (χ3n) is 3.61. The summed E-state index contributed by atoms with van der Waals surface area (Å²) in [6, 6.07) is 3.56. The van der Waals surface area contributed by atoms with Crippen molar-refractivity contribution in [1.29, 1.82) is 0 Å². The minimum atomic E-state index is -0.799. The fraction of sp³-hybridized carbons (Fsp3) is 0.571. The van der Waals surface area contributed by atoms with E-state index in [1.807, 2.05) is 17.5 Å². The van der Waals surface area contributed by atoms with Crippen LogP contribution in [0.1, 0.15) is 43.5 Å². The fourth-order valence-corrected chi connectivity index (χ4v) is 3.52. The number of amides is 1. The summed E-state index contributed by atoms with van der Waals surface area (Å²) in [5.41, 5.74) is 0. The Bertz CT molecular complexity index is 444. The standard InChI is InChI=1S/C14H19NO3S/c1-2-3-8-15-12(16)7-6-10(14(17)18)13(15)11-5-4-9-19-11/h4-5,9-10,13H,2-3,6-8H2,1H3,(H,17,18). The summed E-state index contributed by atoms with van der Waals surface area (Å²) in [6.07, 6.45) is 2.71. The Morgan fingerprint density at radius 2 is 2.37 bits per heavy atom. The van der Waals surface area contributed by atoms with Gasteiger partial charge in [-0.05, 0) is 24.3 Å². The summed E-state index contributed by atoms with van der Waals surface area (Å²) in [4.78, 5) is 26.3. The monoisotopic (exact) mass is 281 g/mol. The van der Waals surface area contributed by atoms with Crippen molar-refractivity contribution in [1.82, 2.24) is 4.90 Å². The lowest BCUT2D eigenvalue weighted by atomic mass is 9.87. The molecule has 0 bridgehead atoms. The van der Waals surface area contributed by atoms with Gasteiger partial charge in [0, 0.05) is 17.8 Å². The van der Waals surface area contributed by atoms with E-state index in [1.165, 1.54) is 11.3 Å². The molecule has 1 fully saturated rings. The fourth-order valence-electron chi connectivity index (χ4n) is 2.62. The van der Waals surface area contributed by atoms with E-state index in [0.717, 1.165) is 17.7 Å². The molecule has 2 rings (SSSR count). The second kappa shape index (κ2) is 6.19. The molecule has 5 heteroatoms. The number of carboxylic acid groups (broad SMARTS) is 1. The van der Waals surface area contributed by atoms with Crippen LogP contribution < -0.4 is 0 Å². The minimum absolute atomic E-state index is 0.0874. The van der Waals surface area contributed by atoms with E-state index in [2.05, 4.69) is 6.92 Å². The molecule has 0 spiro atoms. The van der Waals surface area contributed by atoms with Gasteiger partial charge in [-0.2, -0.15) is 0 Å². The summed E-state index contributed by atoms with van der Waals surface area (Å²) in [5, 5.41) is 11.3. The zero-order valence-electron chi connectivity index (χ0n) is 11.0. The average molecular weight is 281 g/mol. The second-order valence-corrected chi connectivity index (χ2v) is 5.86. The molecule has 4 nitrogen and oxygen atoms in total. The van der Waals surface area contributed by atoms with Crippen LogP contribution >= 0.6 is 11.3 Å². The lowest BCUT2D eigenvalue weighted by Crippen LogP contribution is -2.45. The number of unbranched alkanes of at least 4 members (excludes halogenated alkanes) is 1. The Labute approximate surface area is 117 Å². The van der Waals surface area contributed by atoms with Crippen LogP contribution in [0, 0.1) is 5.92 Å². The third-order valence-corrected chi connectivity index (χ3v) is 4.55. The zero-order chi connectivity index (χ0) is 13.8. The first-order valence-electron chi connectivity index (χ1n) is 6.70. The molecule has 0 aromatic carbocycles. The van der Waals surface area contributed by atoms with E-state index < -0.39 is 11.9 Å². The maximum atomic E-state index is 12.1. The number of rotatable bonds is 5. The van der Waals surface area contributed by atoms with E-state index >= 15 is 0 Å². The molecule has 2 heterocycles. The van der Waals surface area contributed by atoms with Gasteiger partial charge in [-0.3, -0.25) is 9.59 Å². The maximum absolute atomic E-state index is 12.1. The molecular formula is C14H19NO3S. The molecule has 0 saturated carbocycles. The van der Waals surface area contributed by atoms with Gasteiger partial charge in [-0.1, -0.05) is 19.4 Å². The molecule has 1 aromatic heterocycles. The molecule has 19 heavy (non-hydrogen) atoms. The quantitative estimate of drug-likeness (QED) is 0.902. The van der Waals surface area contributed by atoms with E-state index in [1.54, 1.807) is 4.90 Å². The summed E-state index contributed by atoms with van der Waals surface area (Å²) < 4.78 is 0. The molecular weight excluding hydrogens is 262 g/mol. The molecule has 0 aliphatic carbocycles. The lowest BCUT2D eigenvalue weighted by Gasteiger charge is -2.39. The summed E-state index contributed by atoms with van der Waals surface area (Å²) >= 11 is 1.53. The lowest BCUT2D eigenvalue weighted by molar-refractivity contribution is -0.152. The van der Waals surface area contributed by atoms with E-state index in [-0.39, 0.29) is 11.9 Å². The number of likely N-dealkylation sites (tertiary alicyclic amines) is 1. The number of thiophene rings is 1. The van der Waals surface area contributed by atoms with Crippen molar-refractivity contribution in [2.45, 2.75) is 38.6 Å². The number of carbonyl (C=O) groups excluding carboxylic acids is 1. The molecule has 2 unspecified atom stereocenters. The van der Waals surface area contributed by atoms with E-state index in [4.69, 9.17) is 0 Å². The van der Waals surface area contributed by atoms with Crippen LogP contribution in [0.5, 0.6) is 0 Å². The SMILES string of the molecule is CCCCN1C(=O)CCC(C(=O)O)C1c1cccs1. The van der Waals surface area contributed by atoms with Gasteiger partial charge in [-0.15, -0.1) is 11.3 Å². The Kier molecular flexibility index (Phi) is 4.58. The van der Waals surface area contributed by atoms with Crippen molar-refractivity contribution in [2.24, 2.45) is 5.92 Å². The highest BCUT2D eigenvalue weighted by atomic mass is 32.1. The van der Waals surface area contributed by atoms with Crippen molar-refractivity contribution < 1.29 is 14.7 Å². The average Bonchev–Trinajstić information content (AvgIpc) is 2.90. The maximum Gasteiger partial charge on any atom is 0.308 e. The Balaban J connectivity index is 2.29. The molecule has 1 aromatic rings. The molecule has 1 amide bonds. The van der Waals surface area contributed by atoms with Gasteiger partial charge in [0.05, 0.1) is 12.0 Å². The Morgan fingerprint density at radius 3 is 2.95 bits per heavy atom. The van der Waals surface area contributed by atoms with Gasteiger partial charge in [0.1, 0.15) is 0 Å². The van der Waals surface area contributed by atoms with Crippen LogP contribution in [0.25, 0.3) is 0 Å². The van der Waals surface area contributed by atoms with Gasteiger partial charge in [0.15, 0.2) is 0 Å². The molecule has 1 aliphatic rings. The van der Waals surface area contributed by atoms with E-state index in [9.17, 15) is 14.7 Å². The van der Waals surface area contributed by atoms with Gasteiger partial charge < -0.3 is 10.0 Å². The largest absolute Gasteiger partial charge is 0.481 e. The van der Waals surface area contributed by atoms with Crippen LogP contribution in [0.4, 0.5) is 0 Å². The highest BCUT2D eigenvalue weighted by Crippen LogP contribution is 2.38. The molecule has 2 atom stereocenters. The number of nitrogens with zero attached hydrogens (tertiary/aromatic N) is 1. The van der Waals surface area contributed by atoms with Crippen molar-refractivity contribution in [3.8, 4) is 0 Å². The topological polar surface area (TPSA) is 57.6 Å². The van der Waals surface area contributed by atoms with Crippen molar-refractivity contribution in [3.63, 3.8) is 0 Å². The van der Waals surface area contributed by atoms with Crippen LogP contribution in [0.3, 0.4) is 0 Å². The smallest absolute Gasteiger partial charge is 0.308 e. The van der Waals surface area contributed by atoms with Crippen molar-refractivity contribution >= 4 is 23.2 Å². The highest BCUT2D eigenvalue weighted by molar-refractivity contribution is 7.10. The highest BCUT2D eigenvalue weighted by Gasteiger charge is 2.40. The van der Waals surface area contributed by atoms with Gasteiger partial charge in [0.2, 0.25) is 5.91 Å². The first-order valence-corrected chi connectivity index (χ1v) is 7.58. The number of carboxylic acids is 1. The van der Waals surface area contributed by atoms with Crippen molar-refractivity contribution in [2.75, 3.05) is 6.54 Å². The summed E-state index contributed by atoms with van der Waals surface area (Å²) in [6.45, 7) is 2.73. The summed E-state index contributed by atoms with van der Waals surface area (Å²) in [7, 11) is 0. The number of carbonyl (C=O) groups is 2.